The monoisotopic (exact) mass is 344 g/mol. The van der Waals surface area contributed by atoms with Gasteiger partial charge in [-0.2, -0.15) is 5.10 Å². The average molecular weight is 345 g/mol. The zero-order chi connectivity index (χ0) is 15.3. The average Bonchev–Trinajstić information content (AvgIpc) is 2.74. The molecular formula is C15H29BrN4. The van der Waals surface area contributed by atoms with Gasteiger partial charge in [-0.05, 0) is 48.4 Å². The van der Waals surface area contributed by atoms with Crippen molar-refractivity contribution in [1.82, 2.24) is 20.0 Å². The largest absolute Gasteiger partial charge is 0.309 e. The summed E-state index contributed by atoms with van der Waals surface area (Å²) in [7, 11) is 4.19. The molecule has 0 aliphatic carbocycles. The molecule has 0 aliphatic rings. The van der Waals surface area contributed by atoms with Crippen LogP contribution in [0.5, 0.6) is 0 Å². The summed E-state index contributed by atoms with van der Waals surface area (Å²) in [4.78, 5) is 2.19. The molecule has 0 spiro atoms. The van der Waals surface area contributed by atoms with Gasteiger partial charge in [-0.25, -0.2) is 0 Å². The Hall–Kier alpha value is -0.390. The molecule has 1 aromatic heterocycles. The first kappa shape index (κ1) is 17.7. The summed E-state index contributed by atoms with van der Waals surface area (Å²) in [6.45, 7) is 11.9. The summed E-state index contributed by atoms with van der Waals surface area (Å²) < 4.78 is 3.24. The fourth-order valence-corrected chi connectivity index (χ4v) is 2.83. The van der Waals surface area contributed by atoms with Crippen LogP contribution in [0, 0.1) is 11.8 Å². The summed E-state index contributed by atoms with van der Waals surface area (Å²) >= 11 is 3.68. The van der Waals surface area contributed by atoms with Gasteiger partial charge in [0.2, 0.25) is 0 Å². The maximum absolute atomic E-state index is 4.54. The summed E-state index contributed by atoms with van der Waals surface area (Å²) in [6.07, 6.45) is 1.92. The van der Waals surface area contributed by atoms with E-state index in [0.29, 0.717) is 17.9 Å². The molecule has 1 N–H and O–H groups in total. The van der Waals surface area contributed by atoms with Crippen LogP contribution in [0.3, 0.4) is 0 Å². The normalized spacial score (nSPS) is 15.1. The van der Waals surface area contributed by atoms with Crippen LogP contribution in [0.1, 0.15) is 39.4 Å². The topological polar surface area (TPSA) is 33.1 Å². The first-order valence-electron chi connectivity index (χ1n) is 7.47. The fraction of sp³-hybridized carbons (Fsp3) is 0.800. The number of hydrogen-bond acceptors (Lipinski definition) is 3. The van der Waals surface area contributed by atoms with Gasteiger partial charge < -0.3 is 10.2 Å². The zero-order valence-corrected chi connectivity index (χ0v) is 15.2. The molecule has 0 fully saturated rings. The molecule has 2 atom stereocenters. The van der Waals surface area contributed by atoms with Gasteiger partial charge in [0, 0.05) is 6.54 Å². The van der Waals surface area contributed by atoms with Crippen LogP contribution in [0.4, 0.5) is 0 Å². The molecule has 0 radical (unpaired) electrons. The SMILES string of the molecule is CCNC(c1c(Br)cnn1CCN(C)C)C(C)C(C)C. The minimum absolute atomic E-state index is 0.332. The quantitative estimate of drug-likeness (QED) is 0.786. The van der Waals surface area contributed by atoms with Crippen molar-refractivity contribution >= 4 is 15.9 Å². The number of nitrogens with one attached hydrogen (secondary N) is 1. The van der Waals surface area contributed by atoms with Crippen LogP contribution >= 0.6 is 15.9 Å². The van der Waals surface area contributed by atoms with Gasteiger partial charge >= 0.3 is 0 Å². The Balaban J connectivity index is 3.02. The standard InChI is InChI=1S/C15H29BrN4/c1-7-17-14(12(4)11(2)3)15-13(16)10-18-20(15)9-8-19(5)6/h10-12,14,17H,7-9H2,1-6H3. The highest BCUT2D eigenvalue weighted by molar-refractivity contribution is 9.10. The lowest BCUT2D eigenvalue weighted by Crippen LogP contribution is -2.32. The van der Waals surface area contributed by atoms with Crippen molar-refractivity contribution in [3.05, 3.63) is 16.4 Å². The maximum Gasteiger partial charge on any atom is 0.0699 e. The molecule has 0 amide bonds. The third-order valence-corrected chi connectivity index (χ3v) is 4.50. The third kappa shape index (κ3) is 4.57. The lowest BCUT2D eigenvalue weighted by atomic mass is 9.88. The predicted molar refractivity (Wildman–Crippen MR) is 88.9 cm³/mol. The number of nitrogens with zero attached hydrogens (tertiary/aromatic N) is 3. The molecule has 4 nitrogen and oxygen atoms in total. The number of rotatable bonds is 8. The molecule has 1 heterocycles. The number of hydrogen-bond donors (Lipinski definition) is 1. The maximum atomic E-state index is 4.54. The highest BCUT2D eigenvalue weighted by Crippen LogP contribution is 2.32. The molecule has 0 aromatic carbocycles. The summed E-state index contributed by atoms with van der Waals surface area (Å²) in [5.41, 5.74) is 1.27. The van der Waals surface area contributed by atoms with E-state index >= 15 is 0 Å². The van der Waals surface area contributed by atoms with E-state index in [1.54, 1.807) is 0 Å². The van der Waals surface area contributed by atoms with Crippen LogP contribution in [0.2, 0.25) is 0 Å². The number of halogens is 1. The second-order valence-corrected chi connectivity index (χ2v) is 6.90. The van der Waals surface area contributed by atoms with Gasteiger partial charge in [0.05, 0.1) is 29.0 Å². The molecule has 1 rings (SSSR count). The molecule has 0 bridgehead atoms. The highest BCUT2D eigenvalue weighted by Gasteiger charge is 2.26. The molecule has 2 unspecified atom stereocenters. The van der Waals surface area contributed by atoms with Crippen molar-refractivity contribution in [2.45, 2.75) is 40.3 Å². The minimum atomic E-state index is 0.332. The van der Waals surface area contributed by atoms with E-state index in [1.165, 1.54) is 5.69 Å². The van der Waals surface area contributed by atoms with E-state index in [1.807, 2.05) is 6.20 Å². The Morgan fingerprint density at radius 3 is 2.50 bits per heavy atom. The van der Waals surface area contributed by atoms with Crippen LogP contribution in [-0.2, 0) is 6.54 Å². The van der Waals surface area contributed by atoms with E-state index in [9.17, 15) is 0 Å². The lowest BCUT2D eigenvalue weighted by molar-refractivity contribution is 0.286. The van der Waals surface area contributed by atoms with Crippen LogP contribution < -0.4 is 5.32 Å². The minimum Gasteiger partial charge on any atom is -0.309 e. The first-order chi connectivity index (χ1) is 9.38. The van der Waals surface area contributed by atoms with E-state index < -0.39 is 0 Å². The fourth-order valence-electron chi connectivity index (χ4n) is 2.29. The van der Waals surface area contributed by atoms with Gasteiger partial charge in [-0.15, -0.1) is 0 Å². The van der Waals surface area contributed by atoms with Crippen molar-refractivity contribution in [3.8, 4) is 0 Å². The van der Waals surface area contributed by atoms with Crippen molar-refractivity contribution in [2.75, 3.05) is 27.2 Å². The van der Waals surface area contributed by atoms with E-state index in [-0.39, 0.29) is 0 Å². The van der Waals surface area contributed by atoms with Gasteiger partial charge in [0.15, 0.2) is 0 Å². The van der Waals surface area contributed by atoms with Crippen molar-refractivity contribution < 1.29 is 0 Å². The molecule has 116 valence electrons. The van der Waals surface area contributed by atoms with E-state index in [2.05, 4.69) is 77.7 Å². The van der Waals surface area contributed by atoms with Gasteiger partial charge in [-0.1, -0.05) is 27.7 Å². The summed E-state index contributed by atoms with van der Waals surface area (Å²) in [6, 6.07) is 0.332. The Bertz CT molecular complexity index is 401. The van der Waals surface area contributed by atoms with Gasteiger partial charge in [0.25, 0.3) is 0 Å². The van der Waals surface area contributed by atoms with Crippen LogP contribution in [0.15, 0.2) is 10.7 Å². The number of likely N-dealkylation sites (N-methyl/N-ethyl adjacent to an activating group) is 1. The van der Waals surface area contributed by atoms with Gasteiger partial charge in [0.1, 0.15) is 0 Å². The smallest absolute Gasteiger partial charge is 0.0699 e. The Labute approximate surface area is 132 Å². The van der Waals surface area contributed by atoms with Gasteiger partial charge in [-0.3, -0.25) is 4.68 Å². The zero-order valence-electron chi connectivity index (χ0n) is 13.7. The second-order valence-electron chi connectivity index (χ2n) is 6.04. The third-order valence-electron chi connectivity index (χ3n) is 3.89. The molecule has 0 aliphatic heterocycles. The first-order valence-corrected chi connectivity index (χ1v) is 8.27. The summed E-state index contributed by atoms with van der Waals surface area (Å²) in [5.74, 6) is 1.18. The van der Waals surface area contributed by atoms with E-state index in [0.717, 1.165) is 24.1 Å². The second kappa shape index (κ2) is 8.15. The Morgan fingerprint density at radius 2 is 2.00 bits per heavy atom. The summed E-state index contributed by atoms with van der Waals surface area (Å²) in [5, 5.41) is 8.17. The van der Waals surface area contributed by atoms with Crippen LogP contribution in [-0.4, -0.2) is 41.9 Å². The van der Waals surface area contributed by atoms with E-state index in [4.69, 9.17) is 0 Å². The molecule has 20 heavy (non-hydrogen) atoms. The lowest BCUT2D eigenvalue weighted by Gasteiger charge is -2.29. The van der Waals surface area contributed by atoms with Crippen molar-refractivity contribution in [1.29, 1.82) is 0 Å². The van der Waals surface area contributed by atoms with Crippen molar-refractivity contribution in [2.24, 2.45) is 11.8 Å². The Morgan fingerprint density at radius 1 is 1.35 bits per heavy atom. The molecule has 5 heteroatoms. The number of aromatic nitrogens is 2. The predicted octanol–water partition coefficient (Wildman–Crippen LogP) is 3.15. The molecule has 0 saturated heterocycles. The highest BCUT2D eigenvalue weighted by atomic mass is 79.9. The Kier molecular flexibility index (Phi) is 7.20. The van der Waals surface area contributed by atoms with Crippen molar-refractivity contribution in [3.63, 3.8) is 0 Å². The molecule has 0 saturated carbocycles. The molecular weight excluding hydrogens is 316 g/mol. The molecule has 1 aromatic rings. The van der Waals surface area contributed by atoms with Crippen LogP contribution in [0.25, 0.3) is 0 Å².